The van der Waals surface area contributed by atoms with Crippen LogP contribution in [0.15, 0.2) is 48.5 Å². The molecule has 0 aliphatic carbocycles. The predicted octanol–water partition coefficient (Wildman–Crippen LogP) is 2.74. The summed E-state index contributed by atoms with van der Waals surface area (Å²) in [5.41, 5.74) is 1.92. The van der Waals surface area contributed by atoms with Gasteiger partial charge >= 0.3 is 0 Å². The summed E-state index contributed by atoms with van der Waals surface area (Å²) >= 11 is 0. The number of nitrogens with zero attached hydrogens (tertiary/aromatic N) is 1. The zero-order valence-electron chi connectivity index (χ0n) is 18.1. The van der Waals surface area contributed by atoms with Gasteiger partial charge in [0.05, 0.1) is 33.8 Å². The minimum Gasteiger partial charge on any atom is -0.493 e. The molecule has 1 atom stereocenters. The van der Waals surface area contributed by atoms with E-state index in [0.29, 0.717) is 50.6 Å². The average molecular weight is 427 g/mol. The van der Waals surface area contributed by atoms with Crippen molar-refractivity contribution >= 4 is 11.8 Å². The molecule has 166 valence electrons. The molecule has 0 bridgehead atoms. The van der Waals surface area contributed by atoms with Crippen molar-refractivity contribution in [3.63, 3.8) is 0 Å². The Labute approximate surface area is 183 Å². The number of carbonyl (C=O) groups is 2. The molecule has 1 unspecified atom stereocenters. The van der Waals surface area contributed by atoms with Gasteiger partial charge in [0.1, 0.15) is 6.10 Å². The second-order valence-electron chi connectivity index (χ2n) is 7.43. The Morgan fingerprint density at radius 3 is 2.61 bits per heavy atom. The molecule has 0 spiro atoms. The molecular weight excluding hydrogens is 396 g/mol. The Balaban J connectivity index is 1.39. The molecule has 7 heteroatoms. The molecule has 1 aliphatic rings. The van der Waals surface area contributed by atoms with Gasteiger partial charge in [0.25, 0.3) is 0 Å². The van der Waals surface area contributed by atoms with Crippen molar-refractivity contribution in [1.29, 1.82) is 0 Å². The van der Waals surface area contributed by atoms with Crippen LogP contribution < -0.4 is 14.8 Å². The quantitative estimate of drug-likeness (QED) is 0.624. The first-order valence-electron chi connectivity index (χ1n) is 10.5. The van der Waals surface area contributed by atoms with Crippen molar-refractivity contribution in [3.8, 4) is 11.5 Å². The molecule has 0 aromatic heterocycles. The molecule has 0 radical (unpaired) electrons. The minimum absolute atomic E-state index is 0.0832. The molecule has 1 aliphatic heterocycles. The minimum atomic E-state index is -0.0878. The van der Waals surface area contributed by atoms with E-state index in [-0.39, 0.29) is 24.3 Å². The Hall–Kier alpha value is -3.06. The van der Waals surface area contributed by atoms with Crippen LogP contribution in [0.2, 0.25) is 0 Å². The summed E-state index contributed by atoms with van der Waals surface area (Å²) in [6.45, 7) is 2.17. The van der Waals surface area contributed by atoms with Gasteiger partial charge in [-0.25, -0.2) is 0 Å². The number of rotatable bonds is 9. The maximum atomic E-state index is 12.6. The highest BCUT2D eigenvalue weighted by atomic mass is 16.5. The number of methoxy groups -OCH3 is 2. The van der Waals surface area contributed by atoms with Crippen molar-refractivity contribution in [2.24, 2.45) is 0 Å². The van der Waals surface area contributed by atoms with Crippen molar-refractivity contribution in [2.45, 2.75) is 25.4 Å². The summed E-state index contributed by atoms with van der Waals surface area (Å²) in [6, 6.07) is 15.4. The molecule has 3 rings (SSSR count). The van der Waals surface area contributed by atoms with Crippen molar-refractivity contribution in [3.05, 3.63) is 59.7 Å². The average Bonchev–Trinajstić information content (AvgIpc) is 2.82. The van der Waals surface area contributed by atoms with Gasteiger partial charge in [0.2, 0.25) is 11.8 Å². The van der Waals surface area contributed by atoms with Crippen LogP contribution in [0.5, 0.6) is 11.5 Å². The number of hydrogen-bond acceptors (Lipinski definition) is 5. The molecule has 1 fully saturated rings. The van der Waals surface area contributed by atoms with Gasteiger partial charge < -0.3 is 24.4 Å². The second-order valence-corrected chi connectivity index (χ2v) is 7.43. The van der Waals surface area contributed by atoms with Gasteiger partial charge in [-0.05, 0) is 29.7 Å². The zero-order chi connectivity index (χ0) is 22.1. The highest BCUT2D eigenvalue weighted by molar-refractivity contribution is 5.79. The third-order valence-electron chi connectivity index (χ3n) is 5.29. The number of amides is 2. The number of nitrogens with one attached hydrogen (secondary N) is 1. The fourth-order valence-electron chi connectivity index (χ4n) is 3.61. The lowest BCUT2D eigenvalue weighted by molar-refractivity contribution is -0.139. The summed E-state index contributed by atoms with van der Waals surface area (Å²) in [4.78, 5) is 26.6. The lowest BCUT2D eigenvalue weighted by Crippen LogP contribution is -2.42. The lowest BCUT2D eigenvalue weighted by Gasteiger charge is -2.33. The summed E-state index contributed by atoms with van der Waals surface area (Å²) in [5.74, 6) is 1.23. The van der Waals surface area contributed by atoms with Gasteiger partial charge in [-0.3, -0.25) is 9.59 Å². The van der Waals surface area contributed by atoms with Gasteiger partial charge in [0.15, 0.2) is 11.5 Å². The topological polar surface area (TPSA) is 77.1 Å². The summed E-state index contributed by atoms with van der Waals surface area (Å²) in [7, 11) is 3.14. The van der Waals surface area contributed by atoms with E-state index in [2.05, 4.69) is 5.32 Å². The normalized spacial score (nSPS) is 15.9. The van der Waals surface area contributed by atoms with Crippen LogP contribution in [0.3, 0.4) is 0 Å². The third kappa shape index (κ3) is 6.46. The molecular formula is C24H30N2O5. The number of hydrogen-bond donors (Lipinski definition) is 1. The maximum absolute atomic E-state index is 12.6. The van der Waals surface area contributed by atoms with Crippen LogP contribution in [0.1, 0.15) is 30.1 Å². The van der Waals surface area contributed by atoms with Crippen LogP contribution in [-0.2, 0) is 20.7 Å². The van der Waals surface area contributed by atoms with Crippen LogP contribution in [-0.4, -0.2) is 57.2 Å². The van der Waals surface area contributed by atoms with E-state index in [4.69, 9.17) is 14.2 Å². The SMILES string of the molecule is COc1ccc(CC(=O)NCCCC(=O)N2CCOC(c3ccccc3)C2)cc1OC. The number of carbonyl (C=O) groups excluding carboxylic acids is 2. The number of ether oxygens (including phenoxy) is 3. The maximum Gasteiger partial charge on any atom is 0.224 e. The van der Waals surface area contributed by atoms with Crippen molar-refractivity contribution in [2.75, 3.05) is 40.5 Å². The molecule has 2 amide bonds. The van der Waals surface area contributed by atoms with E-state index >= 15 is 0 Å². The second kappa shape index (κ2) is 11.4. The molecule has 0 saturated carbocycles. The Kier molecular flexibility index (Phi) is 8.29. The molecule has 1 saturated heterocycles. The Morgan fingerprint density at radius 1 is 1.10 bits per heavy atom. The lowest BCUT2D eigenvalue weighted by atomic mass is 10.1. The van der Waals surface area contributed by atoms with Crippen LogP contribution in [0.25, 0.3) is 0 Å². The molecule has 31 heavy (non-hydrogen) atoms. The molecule has 7 nitrogen and oxygen atoms in total. The highest BCUT2D eigenvalue weighted by Gasteiger charge is 2.24. The van der Waals surface area contributed by atoms with E-state index in [1.54, 1.807) is 26.4 Å². The monoisotopic (exact) mass is 426 g/mol. The number of benzene rings is 2. The van der Waals surface area contributed by atoms with Crippen LogP contribution in [0, 0.1) is 0 Å². The molecule has 1 heterocycles. The summed E-state index contributed by atoms with van der Waals surface area (Å²) in [5, 5.41) is 2.88. The third-order valence-corrected chi connectivity index (χ3v) is 5.29. The zero-order valence-corrected chi connectivity index (χ0v) is 18.1. The van der Waals surface area contributed by atoms with Crippen LogP contribution >= 0.6 is 0 Å². The summed E-state index contributed by atoms with van der Waals surface area (Å²) in [6.07, 6.45) is 1.17. The standard InChI is InChI=1S/C24H30N2O5/c1-29-20-11-10-18(15-21(20)30-2)16-23(27)25-12-6-9-24(28)26-13-14-31-22(17-26)19-7-4-3-5-8-19/h3-5,7-8,10-11,15,22H,6,9,12-14,16-17H2,1-2H3,(H,25,27). The van der Waals surface area contributed by atoms with E-state index in [0.717, 1.165) is 11.1 Å². The molecule has 2 aromatic rings. The summed E-state index contributed by atoms with van der Waals surface area (Å²) < 4.78 is 16.3. The first-order valence-corrected chi connectivity index (χ1v) is 10.5. The van der Waals surface area contributed by atoms with Gasteiger partial charge in [-0.1, -0.05) is 36.4 Å². The first kappa shape index (κ1) is 22.6. The van der Waals surface area contributed by atoms with Crippen molar-refractivity contribution < 1.29 is 23.8 Å². The van der Waals surface area contributed by atoms with Gasteiger partial charge in [-0.15, -0.1) is 0 Å². The fraction of sp³-hybridized carbons (Fsp3) is 0.417. The largest absolute Gasteiger partial charge is 0.493 e. The first-order chi connectivity index (χ1) is 15.1. The highest BCUT2D eigenvalue weighted by Crippen LogP contribution is 2.27. The van der Waals surface area contributed by atoms with Crippen LogP contribution in [0.4, 0.5) is 0 Å². The Bertz CT molecular complexity index is 872. The van der Waals surface area contributed by atoms with E-state index < -0.39 is 0 Å². The number of morpholine rings is 1. The smallest absolute Gasteiger partial charge is 0.224 e. The predicted molar refractivity (Wildman–Crippen MR) is 117 cm³/mol. The van der Waals surface area contributed by atoms with Gasteiger partial charge in [0, 0.05) is 19.5 Å². The van der Waals surface area contributed by atoms with E-state index in [1.165, 1.54) is 0 Å². The molecule has 2 aromatic carbocycles. The fourth-order valence-corrected chi connectivity index (χ4v) is 3.61. The Morgan fingerprint density at radius 2 is 1.87 bits per heavy atom. The van der Waals surface area contributed by atoms with Crippen molar-refractivity contribution in [1.82, 2.24) is 10.2 Å². The van der Waals surface area contributed by atoms with E-state index in [1.807, 2.05) is 41.3 Å². The van der Waals surface area contributed by atoms with Gasteiger partial charge in [-0.2, -0.15) is 0 Å². The molecule has 1 N–H and O–H groups in total. The van der Waals surface area contributed by atoms with E-state index in [9.17, 15) is 9.59 Å².